The third-order valence-corrected chi connectivity index (χ3v) is 9.54. The number of rotatable bonds is 4. The Kier molecular flexibility index (Phi) is 5.37. The summed E-state index contributed by atoms with van der Waals surface area (Å²) in [6, 6.07) is 22.7. The average molecular weight is 538 g/mol. The first-order valence-corrected chi connectivity index (χ1v) is 14.9. The predicted molar refractivity (Wildman–Crippen MR) is 152 cm³/mol. The summed E-state index contributed by atoms with van der Waals surface area (Å²) in [4.78, 5) is 17.6. The van der Waals surface area contributed by atoms with Crippen molar-refractivity contribution in [3.05, 3.63) is 90.3 Å². The molecule has 0 atom stereocenters. The molecule has 7 rings (SSSR count). The lowest BCUT2D eigenvalue weighted by molar-refractivity contribution is -0.122. The summed E-state index contributed by atoms with van der Waals surface area (Å²) in [7, 11) is -3.26. The van der Waals surface area contributed by atoms with Gasteiger partial charge in [0.2, 0.25) is 15.9 Å². The number of benzene rings is 3. The molecule has 2 aliphatic rings. The Hall–Kier alpha value is -4.08. The molecule has 1 N–H and O–H groups in total. The quantitative estimate of drug-likeness (QED) is 0.363. The molecule has 8 nitrogen and oxygen atoms in total. The second-order valence-corrected chi connectivity index (χ2v) is 12.5. The van der Waals surface area contributed by atoms with Crippen LogP contribution in [0.15, 0.2) is 79.1 Å². The molecule has 3 aromatic carbocycles. The van der Waals surface area contributed by atoms with Crippen LogP contribution in [-0.4, -0.2) is 52.7 Å². The van der Waals surface area contributed by atoms with E-state index >= 15 is 0 Å². The summed E-state index contributed by atoms with van der Waals surface area (Å²) in [6.45, 7) is 1.34. The van der Waals surface area contributed by atoms with Gasteiger partial charge >= 0.3 is 0 Å². The summed E-state index contributed by atoms with van der Waals surface area (Å²) >= 11 is 0. The highest BCUT2D eigenvalue weighted by atomic mass is 32.2. The minimum absolute atomic E-state index is 0.0399. The number of fused-ring (bicyclic) bond motifs is 4. The van der Waals surface area contributed by atoms with E-state index in [1.54, 1.807) is 6.20 Å². The first kappa shape index (κ1) is 24.0. The number of nitrogens with one attached hydrogen (secondary N) is 1. The van der Waals surface area contributed by atoms with Crippen molar-refractivity contribution in [2.75, 3.05) is 24.7 Å². The maximum atomic E-state index is 13.2. The van der Waals surface area contributed by atoms with Crippen LogP contribution in [0, 0.1) is 0 Å². The van der Waals surface area contributed by atoms with E-state index in [0.717, 1.165) is 49.7 Å². The number of sulfonamides is 1. The SMILES string of the molecule is CS(=O)(=O)N1CCC2(CC1)C(=O)Nc1cc(-c3ccc4cnn(Cc5ccc6ncccc6c5)c4c3)ccc12. The fraction of sp³-hybridized carbons (Fsp3) is 0.233. The summed E-state index contributed by atoms with van der Waals surface area (Å²) in [5.41, 5.74) is 6.30. The van der Waals surface area contributed by atoms with Gasteiger partial charge in [0, 0.05) is 35.7 Å². The first-order chi connectivity index (χ1) is 18.8. The molecular weight excluding hydrogens is 510 g/mol. The fourth-order valence-corrected chi connectivity index (χ4v) is 6.92. The molecule has 1 amide bonds. The zero-order chi connectivity index (χ0) is 26.8. The predicted octanol–water partition coefficient (Wildman–Crippen LogP) is 4.55. The highest BCUT2D eigenvalue weighted by molar-refractivity contribution is 7.88. The van der Waals surface area contributed by atoms with E-state index < -0.39 is 15.4 Å². The maximum Gasteiger partial charge on any atom is 0.235 e. The van der Waals surface area contributed by atoms with E-state index in [0.29, 0.717) is 32.5 Å². The van der Waals surface area contributed by atoms with Crippen LogP contribution >= 0.6 is 0 Å². The van der Waals surface area contributed by atoms with Gasteiger partial charge in [-0.3, -0.25) is 14.5 Å². The highest BCUT2D eigenvalue weighted by Gasteiger charge is 2.49. The van der Waals surface area contributed by atoms with Crippen molar-refractivity contribution in [2.45, 2.75) is 24.8 Å². The molecule has 0 bridgehead atoms. The zero-order valence-corrected chi connectivity index (χ0v) is 22.3. The van der Waals surface area contributed by atoms with E-state index in [4.69, 9.17) is 0 Å². The molecule has 2 aromatic heterocycles. The summed E-state index contributed by atoms with van der Waals surface area (Å²) in [6.07, 6.45) is 5.87. The molecular formula is C30H27N5O3S. The number of carbonyl (C=O) groups excluding carboxylic acids is 1. The number of piperidine rings is 1. The van der Waals surface area contributed by atoms with Crippen LogP contribution in [0.4, 0.5) is 5.69 Å². The van der Waals surface area contributed by atoms with Gasteiger partial charge < -0.3 is 5.32 Å². The van der Waals surface area contributed by atoms with Gasteiger partial charge in [0.15, 0.2) is 0 Å². The van der Waals surface area contributed by atoms with Crippen molar-refractivity contribution in [1.29, 1.82) is 0 Å². The van der Waals surface area contributed by atoms with Crippen LogP contribution in [0.3, 0.4) is 0 Å². The maximum absolute atomic E-state index is 13.2. The Morgan fingerprint density at radius 3 is 2.56 bits per heavy atom. The van der Waals surface area contributed by atoms with Gasteiger partial charge in [0.05, 0.1) is 35.4 Å². The van der Waals surface area contributed by atoms with Gasteiger partial charge in [0.1, 0.15) is 0 Å². The number of aromatic nitrogens is 3. The smallest absolute Gasteiger partial charge is 0.235 e. The number of amides is 1. The van der Waals surface area contributed by atoms with Gasteiger partial charge in [-0.05, 0) is 65.4 Å². The average Bonchev–Trinajstić information content (AvgIpc) is 3.45. The first-order valence-electron chi connectivity index (χ1n) is 13.0. The normalized spacial score (nSPS) is 17.1. The monoisotopic (exact) mass is 537 g/mol. The molecule has 2 aliphatic heterocycles. The lowest BCUT2D eigenvalue weighted by Gasteiger charge is -2.36. The third kappa shape index (κ3) is 4.00. The summed E-state index contributed by atoms with van der Waals surface area (Å²) in [5.74, 6) is -0.0399. The zero-order valence-electron chi connectivity index (χ0n) is 21.5. The molecule has 1 fully saturated rings. The topological polar surface area (TPSA) is 97.2 Å². The van der Waals surface area contributed by atoms with Crippen molar-refractivity contribution in [3.63, 3.8) is 0 Å². The van der Waals surface area contributed by atoms with Crippen molar-refractivity contribution in [1.82, 2.24) is 19.1 Å². The van der Waals surface area contributed by atoms with Crippen LogP contribution in [0.25, 0.3) is 32.9 Å². The summed E-state index contributed by atoms with van der Waals surface area (Å²) in [5, 5.41) is 9.90. The molecule has 0 unspecified atom stereocenters. The number of nitrogens with zero attached hydrogens (tertiary/aromatic N) is 4. The molecule has 0 saturated carbocycles. The van der Waals surface area contributed by atoms with Gasteiger partial charge in [-0.25, -0.2) is 12.7 Å². The molecule has 39 heavy (non-hydrogen) atoms. The standard InChI is InChI=1S/C30H27N5O3S/c1-39(37,38)34-13-10-30(11-14-34)25-8-7-21(16-27(25)33-29(30)36)22-5-6-24-18-32-35(28(24)17-22)19-20-4-9-26-23(15-20)3-2-12-31-26/h2-9,12,15-18H,10-11,13-14,19H2,1H3,(H,33,36). The van der Waals surface area contributed by atoms with E-state index in [-0.39, 0.29) is 5.91 Å². The van der Waals surface area contributed by atoms with E-state index in [2.05, 4.69) is 57.9 Å². The van der Waals surface area contributed by atoms with Gasteiger partial charge in [0.25, 0.3) is 0 Å². The molecule has 5 aromatic rings. The molecule has 1 saturated heterocycles. The van der Waals surface area contributed by atoms with Crippen LogP contribution < -0.4 is 5.32 Å². The number of pyridine rings is 1. The van der Waals surface area contributed by atoms with Crippen molar-refractivity contribution in [2.24, 2.45) is 0 Å². The fourth-order valence-electron chi connectivity index (χ4n) is 6.08. The Morgan fingerprint density at radius 2 is 1.74 bits per heavy atom. The summed E-state index contributed by atoms with van der Waals surface area (Å²) < 4.78 is 27.4. The van der Waals surface area contributed by atoms with Crippen LogP contribution in [0.5, 0.6) is 0 Å². The number of carbonyl (C=O) groups is 1. The Labute approximate surface area is 226 Å². The molecule has 1 spiro atoms. The molecule has 196 valence electrons. The number of hydrogen-bond acceptors (Lipinski definition) is 5. The Bertz CT molecular complexity index is 1890. The Morgan fingerprint density at radius 1 is 0.949 bits per heavy atom. The van der Waals surface area contributed by atoms with E-state index in [9.17, 15) is 13.2 Å². The number of hydrogen-bond donors (Lipinski definition) is 1. The van der Waals surface area contributed by atoms with Crippen molar-refractivity contribution >= 4 is 43.4 Å². The largest absolute Gasteiger partial charge is 0.325 e. The Balaban J connectivity index is 1.19. The highest BCUT2D eigenvalue weighted by Crippen LogP contribution is 2.46. The second-order valence-electron chi connectivity index (χ2n) is 10.6. The second kappa shape index (κ2) is 8.72. The van der Waals surface area contributed by atoms with E-state index in [1.165, 1.54) is 10.6 Å². The van der Waals surface area contributed by atoms with Gasteiger partial charge in [-0.15, -0.1) is 0 Å². The lowest BCUT2D eigenvalue weighted by Crippen LogP contribution is -2.47. The lowest BCUT2D eigenvalue weighted by atomic mass is 9.74. The van der Waals surface area contributed by atoms with Crippen LogP contribution in [-0.2, 0) is 26.8 Å². The third-order valence-electron chi connectivity index (χ3n) is 8.24. The minimum Gasteiger partial charge on any atom is -0.325 e. The van der Waals surface area contributed by atoms with Gasteiger partial charge in [-0.2, -0.15) is 5.10 Å². The molecule has 0 radical (unpaired) electrons. The van der Waals surface area contributed by atoms with Gasteiger partial charge in [-0.1, -0.05) is 36.4 Å². The minimum atomic E-state index is -3.26. The van der Waals surface area contributed by atoms with Crippen LogP contribution in [0.1, 0.15) is 24.0 Å². The molecule has 4 heterocycles. The molecule has 9 heteroatoms. The van der Waals surface area contributed by atoms with Crippen molar-refractivity contribution < 1.29 is 13.2 Å². The molecule has 0 aliphatic carbocycles. The van der Waals surface area contributed by atoms with Crippen molar-refractivity contribution in [3.8, 4) is 11.1 Å². The number of anilines is 1. The van der Waals surface area contributed by atoms with E-state index in [1.807, 2.05) is 35.1 Å². The van der Waals surface area contributed by atoms with Crippen LogP contribution in [0.2, 0.25) is 0 Å².